The van der Waals surface area contributed by atoms with Crippen LogP contribution in [0.1, 0.15) is 77.1 Å². The van der Waals surface area contributed by atoms with Crippen molar-refractivity contribution < 1.29 is 29.0 Å². The van der Waals surface area contributed by atoms with E-state index in [2.05, 4.69) is 49.5 Å². The zero-order chi connectivity index (χ0) is 38.7. The summed E-state index contributed by atoms with van der Waals surface area (Å²) in [7, 11) is 2.73. The first-order valence-corrected chi connectivity index (χ1v) is 18.6. The Balaban J connectivity index is 0.00000348. The maximum Gasteiger partial charge on any atom is 0.407 e. The molecule has 2 fully saturated rings. The van der Waals surface area contributed by atoms with Gasteiger partial charge in [0.05, 0.1) is 43.0 Å². The summed E-state index contributed by atoms with van der Waals surface area (Å²) in [6.07, 6.45) is 5.02. The van der Waals surface area contributed by atoms with Crippen LogP contribution >= 0.6 is 24.8 Å². The summed E-state index contributed by atoms with van der Waals surface area (Å²) >= 11 is 0. The lowest BCUT2D eigenvalue weighted by molar-refractivity contribution is -0.138. The number of hydrogen-bond donors (Lipinski definition) is 4. The van der Waals surface area contributed by atoms with Gasteiger partial charge in [0.2, 0.25) is 11.8 Å². The lowest BCUT2D eigenvalue weighted by atomic mass is 10.0. The number of amides is 4. The number of hydrogen-bond acceptors (Lipinski definition) is 7. The number of ether oxygens (including phenoxy) is 1. The van der Waals surface area contributed by atoms with E-state index in [1.54, 1.807) is 22.2 Å². The Morgan fingerprint density at radius 2 is 1.18 bits per heavy atom. The first-order valence-electron chi connectivity index (χ1n) is 18.6. The molecule has 14 nitrogen and oxygen atoms in total. The lowest BCUT2D eigenvalue weighted by Gasteiger charge is -2.33. The molecule has 0 bridgehead atoms. The fraction of sp³-hybridized carbons (Fsp3) is 0.450. The molecule has 4 N–H and O–H groups in total. The van der Waals surface area contributed by atoms with Crippen molar-refractivity contribution in [2.45, 2.75) is 77.5 Å². The molecule has 2 aromatic heterocycles. The van der Waals surface area contributed by atoms with Crippen molar-refractivity contribution in [3.05, 3.63) is 72.6 Å². The maximum atomic E-state index is 13.6. The average Bonchev–Trinajstić information content (AvgIpc) is 4.00. The molecule has 16 heteroatoms. The van der Waals surface area contributed by atoms with Crippen molar-refractivity contribution in [1.82, 2.24) is 40.0 Å². The van der Waals surface area contributed by atoms with E-state index in [4.69, 9.17) is 4.74 Å². The number of carbonyl (C=O) groups excluding carboxylic acids is 3. The number of H-pyrrole nitrogens is 2. The first-order chi connectivity index (χ1) is 25.9. The van der Waals surface area contributed by atoms with E-state index in [0.717, 1.165) is 70.0 Å². The Labute approximate surface area is 339 Å². The molecule has 0 spiro atoms. The highest BCUT2D eigenvalue weighted by molar-refractivity contribution is 5.87. The van der Waals surface area contributed by atoms with Gasteiger partial charge in [0.25, 0.3) is 0 Å². The molecule has 56 heavy (non-hydrogen) atoms. The third-order valence-corrected chi connectivity index (χ3v) is 10.6. The quantitative estimate of drug-likeness (QED) is 0.122. The standard InChI is InChI=1S/C40H50N8O6.2ClH/c1-23(2)33(45-39(51)54-6)37(49)47-19-7-9-31(47)35-41-21-29(43-35)27-15-11-25(12-16-27)26-13-17-28(18-14-26)30-22-42-36(44-30)32-10-8-20-48(32)38(50)34(24(3)4)46(5)40(52)53;;/h11-18,21-24,31-34H,7-10,19-20H2,1-6H3,(H,41,43)(H,42,44)(H,45,51)(H,52,53);2*1H/t31-,32-,33-,34-;;/m0../s1. The Morgan fingerprint density at radius 3 is 1.57 bits per heavy atom. The summed E-state index contributed by atoms with van der Waals surface area (Å²) in [5.41, 5.74) is 5.71. The van der Waals surface area contributed by atoms with Crippen molar-refractivity contribution in [1.29, 1.82) is 0 Å². The molecule has 4 atom stereocenters. The number of likely N-dealkylation sites (tertiary alicyclic amines) is 2. The molecule has 2 aromatic carbocycles. The van der Waals surface area contributed by atoms with Gasteiger partial charge >= 0.3 is 12.2 Å². The van der Waals surface area contributed by atoms with E-state index in [1.807, 2.05) is 52.0 Å². The SMILES string of the molecule is COC(=O)N[C@H](C(=O)N1CCC[C@H]1c1ncc(-c2ccc(-c3ccc(-c4cnc([C@@H]5CCCN5C(=O)[C@H](C(C)C)N(C)C(=O)O)[nH]4)cc3)cc2)[nH]1)C(C)C.Cl.Cl. The highest BCUT2D eigenvalue weighted by atomic mass is 35.5. The molecule has 0 saturated carbocycles. The summed E-state index contributed by atoms with van der Waals surface area (Å²) in [5, 5.41) is 12.3. The minimum Gasteiger partial charge on any atom is -0.465 e. The van der Waals surface area contributed by atoms with Crippen LogP contribution in [0.2, 0.25) is 0 Å². The molecule has 2 saturated heterocycles. The number of nitrogens with zero attached hydrogens (tertiary/aromatic N) is 5. The van der Waals surface area contributed by atoms with Gasteiger partial charge in [-0.3, -0.25) is 14.5 Å². The third-order valence-electron chi connectivity index (χ3n) is 10.6. The van der Waals surface area contributed by atoms with Gasteiger partial charge in [-0.05, 0) is 59.8 Å². The number of methoxy groups -OCH3 is 1. The van der Waals surface area contributed by atoms with E-state index >= 15 is 0 Å². The number of benzene rings is 2. The van der Waals surface area contributed by atoms with E-state index in [0.29, 0.717) is 18.9 Å². The monoisotopic (exact) mass is 810 g/mol. The van der Waals surface area contributed by atoms with E-state index in [9.17, 15) is 24.3 Å². The minimum atomic E-state index is -1.13. The molecule has 6 rings (SSSR count). The summed E-state index contributed by atoms with van der Waals surface area (Å²) in [6, 6.07) is 14.5. The van der Waals surface area contributed by atoms with E-state index in [-0.39, 0.29) is 60.5 Å². The van der Waals surface area contributed by atoms with Gasteiger partial charge < -0.3 is 34.9 Å². The number of halogens is 2. The van der Waals surface area contributed by atoms with Crippen LogP contribution in [0.25, 0.3) is 33.6 Å². The first kappa shape index (κ1) is 43.6. The van der Waals surface area contributed by atoms with Crippen molar-refractivity contribution in [3.63, 3.8) is 0 Å². The molecule has 0 unspecified atom stereocenters. The maximum absolute atomic E-state index is 13.6. The molecule has 2 aliphatic rings. The largest absolute Gasteiger partial charge is 0.465 e. The molecular weight excluding hydrogens is 759 g/mol. The molecule has 0 aliphatic carbocycles. The Morgan fingerprint density at radius 1 is 0.750 bits per heavy atom. The molecular formula is C40H52Cl2N8O6. The number of aromatic amines is 2. The summed E-state index contributed by atoms with van der Waals surface area (Å²) in [4.78, 5) is 71.6. The van der Waals surface area contributed by atoms with Gasteiger partial charge in [-0.1, -0.05) is 76.2 Å². The number of carbonyl (C=O) groups is 4. The molecule has 2 aliphatic heterocycles. The third kappa shape index (κ3) is 9.13. The second kappa shape index (κ2) is 18.7. The normalized spacial score (nSPS) is 17.6. The topological polar surface area (TPSA) is 177 Å². The van der Waals surface area contributed by atoms with Gasteiger partial charge in [0, 0.05) is 20.1 Å². The van der Waals surface area contributed by atoms with Crippen molar-refractivity contribution in [2.75, 3.05) is 27.2 Å². The summed E-state index contributed by atoms with van der Waals surface area (Å²) in [6.45, 7) is 8.66. The van der Waals surface area contributed by atoms with Crippen LogP contribution in [0.15, 0.2) is 60.9 Å². The fourth-order valence-corrected chi connectivity index (χ4v) is 7.68. The number of alkyl carbamates (subject to hydrolysis) is 1. The van der Waals surface area contributed by atoms with Crippen LogP contribution in [0.5, 0.6) is 0 Å². The van der Waals surface area contributed by atoms with Crippen molar-refractivity contribution >= 4 is 48.8 Å². The number of likely N-dealkylation sites (N-methyl/N-ethyl adjacent to an activating group) is 1. The molecule has 0 radical (unpaired) electrons. The van der Waals surface area contributed by atoms with Gasteiger partial charge in [0.1, 0.15) is 23.7 Å². The predicted octanol–water partition coefficient (Wildman–Crippen LogP) is 7.32. The Kier molecular flexibility index (Phi) is 14.6. The number of nitrogens with one attached hydrogen (secondary N) is 3. The molecule has 4 heterocycles. The molecule has 302 valence electrons. The van der Waals surface area contributed by atoms with Crippen LogP contribution in [0, 0.1) is 11.8 Å². The van der Waals surface area contributed by atoms with Gasteiger partial charge in [0.15, 0.2) is 0 Å². The number of aromatic nitrogens is 4. The Bertz CT molecular complexity index is 1970. The highest BCUT2D eigenvalue weighted by Crippen LogP contribution is 2.35. The van der Waals surface area contributed by atoms with E-state index in [1.165, 1.54) is 14.2 Å². The average molecular weight is 812 g/mol. The zero-order valence-electron chi connectivity index (χ0n) is 32.5. The summed E-state index contributed by atoms with van der Waals surface area (Å²) < 4.78 is 4.75. The van der Waals surface area contributed by atoms with Gasteiger partial charge in [-0.2, -0.15) is 0 Å². The van der Waals surface area contributed by atoms with Crippen LogP contribution in [0.4, 0.5) is 9.59 Å². The van der Waals surface area contributed by atoms with Gasteiger partial charge in [-0.15, -0.1) is 24.8 Å². The fourth-order valence-electron chi connectivity index (χ4n) is 7.68. The van der Waals surface area contributed by atoms with Crippen molar-refractivity contribution in [2.24, 2.45) is 11.8 Å². The van der Waals surface area contributed by atoms with Crippen LogP contribution in [-0.4, -0.2) is 103 Å². The van der Waals surface area contributed by atoms with Crippen LogP contribution < -0.4 is 5.32 Å². The zero-order valence-corrected chi connectivity index (χ0v) is 34.2. The lowest BCUT2D eigenvalue weighted by Crippen LogP contribution is -2.51. The highest BCUT2D eigenvalue weighted by Gasteiger charge is 2.40. The van der Waals surface area contributed by atoms with Crippen LogP contribution in [-0.2, 0) is 14.3 Å². The second-order valence-corrected chi connectivity index (χ2v) is 14.8. The summed E-state index contributed by atoms with van der Waals surface area (Å²) in [5.74, 6) is 0.793. The molecule has 4 aromatic rings. The van der Waals surface area contributed by atoms with Crippen LogP contribution in [0.3, 0.4) is 0 Å². The Hall–Kier alpha value is -5.08. The van der Waals surface area contributed by atoms with Crippen molar-refractivity contribution in [3.8, 4) is 33.6 Å². The smallest absolute Gasteiger partial charge is 0.407 e. The second-order valence-electron chi connectivity index (χ2n) is 14.8. The number of rotatable bonds is 11. The predicted molar refractivity (Wildman–Crippen MR) is 217 cm³/mol. The van der Waals surface area contributed by atoms with E-state index < -0.39 is 24.3 Å². The minimum absolute atomic E-state index is 0. The van der Waals surface area contributed by atoms with Gasteiger partial charge in [-0.25, -0.2) is 19.6 Å². The molecule has 4 amide bonds. The number of imidazole rings is 2. The number of carboxylic acid groups (broad SMARTS) is 1.